The third-order valence-corrected chi connectivity index (χ3v) is 3.57. The standard InChI is InChI=1S/C19H23F3N4O3/c1-13(2)29-16(27)8-9-26-12-23-18(24-26)14-6-5-7-15(19(20,21)22)17(14)28-11-10-25(3)4/h5-9,12-13H,10-11H2,1-4H3. The van der Waals surface area contributed by atoms with Crippen LogP contribution in [0.4, 0.5) is 13.2 Å². The molecule has 2 rings (SSSR count). The molecule has 10 heteroatoms. The number of carbonyl (C=O) groups excluding carboxylic acids is 1. The van der Waals surface area contributed by atoms with Crippen molar-refractivity contribution in [3.05, 3.63) is 36.2 Å². The second kappa shape index (κ2) is 9.55. The van der Waals surface area contributed by atoms with Crippen LogP contribution < -0.4 is 4.74 Å². The van der Waals surface area contributed by atoms with E-state index in [1.165, 1.54) is 29.3 Å². The first-order valence-corrected chi connectivity index (χ1v) is 8.86. The monoisotopic (exact) mass is 412 g/mol. The molecule has 0 atom stereocenters. The lowest BCUT2D eigenvalue weighted by molar-refractivity contribution is -0.141. The Morgan fingerprint density at radius 3 is 2.66 bits per heavy atom. The molecule has 1 aromatic carbocycles. The number of hydrogen-bond acceptors (Lipinski definition) is 6. The number of ether oxygens (including phenoxy) is 2. The van der Waals surface area contributed by atoms with Crippen LogP contribution in [-0.2, 0) is 15.7 Å². The number of para-hydroxylation sites is 1. The summed E-state index contributed by atoms with van der Waals surface area (Å²) in [6.45, 7) is 3.93. The van der Waals surface area contributed by atoms with Crippen molar-refractivity contribution in [3.63, 3.8) is 0 Å². The Labute approximate surface area is 166 Å². The SMILES string of the molecule is CC(C)OC(=O)C=Cn1cnc(-c2cccc(C(F)(F)F)c2OCCN(C)C)n1. The molecule has 29 heavy (non-hydrogen) atoms. The van der Waals surface area contributed by atoms with E-state index in [4.69, 9.17) is 9.47 Å². The summed E-state index contributed by atoms with van der Waals surface area (Å²) in [5.41, 5.74) is -0.795. The predicted octanol–water partition coefficient (Wildman–Crippen LogP) is 3.33. The molecule has 1 aromatic heterocycles. The van der Waals surface area contributed by atoms with Gasteiger partial charge in [-0.15, -0.1) is 5.10 Å². The van der Waals surface area contributed by atoms with Crippen LogP contribution in [0.3, 0.4) is 0 Å². The van der Waals surface area contributed by atoms with Gasteiger partial charge in [0.25, 0.3) is 0 Å². The summed E-state index contributed by atoms with van der Waals surface area (Å²) < 4.78 is 52.0. The van der Waals surface area contributed by atoms with Crippen molar-refractivity contribution < 1.29 is 27.4 Å². The highest BCUT2D eigenvalue weighted by Crippen LogP contribution is 2.41. The number of benzene rings is 1. The first-order chi connectivity index (χ1) is 13.6. The molecule has 0 unspecified atom stereocenters. The highest BCUT2D eigenvalue weighted by atomic mass is 19.4. The van der Waals surface area contributed by atoms with Crippen molar-refractivity contribution in [2.45, 2.75) is 26.1 Å². The fraction of sp³-hybridized carbons (Fsp3) is 0.421. The van der Waals surface area contributed by atoms with Gasteiger partial charge in [-0.05, 0) is 40.1 Å². The van der Waals surface area contributed by atoms with Crippen molar-refractivity contribution in [2.24, 2.45) is 0 Å². The van der Waals surface area contributed by atoms with Crippen LogP contribution in [0.2, 0.25) is 0 Å². The van der Waals surface area contributed by atoms with E-state index in [9.17, 15) is 18.0 Å². The van der Waals surface area contributed by atoms with Gasteiger partial charge in [0, 0.05) is 18.8 Å². The molecule has 0 saturated heterocycles. The lowest BCUT2D eigenvalue weighted by Gasteiger charge is -2.17. The van der Waals surface area contributed by atoms with Crippen molar-refractivity contribution >= 4 is 12.2 Å². The van der Waals surface area contributed by atoms with E-state index in [-0.39, 0.29) is 29.8 Å². The van der Waals surface area contributed by atoms with Crippen LogP contribution in [0.15, 0.2) is 30.6 Å². The van der Waals surface area contributed by atoms with E-state index in [1.807, 2.05) is 0 Å². The average molecular weight is 412 g/mol. The number of halogens is 3. The van der Waals surface area contributed by atoms with Gasteiger partial charge in [0.1, 0.15) is 18.7 Å². The molecular weight excluding hydrogens is 389 g/mol. The summed E-state index contributed by atoms with van der Waals surface area (Å²) in [5, 5.41) is 4.11. The van der Waals surface area contributed by atoms with E-state index in [1.54, 1.807) is 32.8 Å². The van der Waals surface area contributed by atoms with Gasteiger partial charge in [-0.3, -0.25) is 0 Å². The highest BCUT2D eigenvalue weighted by molar-refractivity contribution is 5.85. The van der Waals surface area contributed by atoms with Gasteiger partial charge < -0.3 is 14.4 Å². The first kappa shape index (κ1) is 22.4. The summed E-state index contributed by atoms with van der Waals surface area (Å²) in [6.07, 6.45) is -1.13. The summed E-state index contributed by atoms with van der Waals surface area (Å²) in [7, 11) is 3.58. The van der Waals surface area contributed by atoms with E-state index in [2.05, 4.69) is 10.1 Å². The van der Waals surface area contributed by atoms with Crippen molar-refractivity contribution in [3.8, 4) is 17.1 Å². The number of nitrogens with zero attached hydrogens (tertiary/aromatic N) is 4. The van der Waals surface area contributed by atoms with Crippen molar-refractivity contribution in [1.29, 1.82) is 0 Å². The smallest absolute Gasteiger partial charge is 0.419 e. The molecule has 7 nitrogen and oxygen atoms in total. The lowest BCUT2D eigenvalue weighted by atomic mass is 10.1. The molecular formula is C19H23F3N4O3. The molecule has 0 aliphatic rings. The Hall–Kier alpha value is -2.88. The van der Waals surface area contributed by atoms with Gasteiger partial charge in [-0.25, -0.2) is 14.5 Å². The Bertz CT molecular complexity index is 861. The fourth-order valence-corrected chi connectivity index (χ4v) is 2.30. The van der Waals surface area contributed by atoms with Gasteiger partial charge in [0.2, 0.25) is 0 Å². The summed E-state index contributed by atoms with van der Waals surface area (Å²) in [4.78, 5) is 17.4. The van der Waals surface area contributed by atoms with E-state index in [0.29, 0.717) is 6.54 Å². The quantitative estimate of drug-likeness (QED) is 0.489. The van der Waals surface area contributed by atoms with Crippen LogP contribution in [0.1, 0.15) is 19.4 Å². The largest absolute Gasteiger partial charge is 0.491 e. The molecule has 158 valence electrons. The maximum Gasteiger partial charge on any atom is 0.419 e. The average Bonchev–Trinajstić information content (AvgIpc) is 3.07. The minimum atomic E-state index is -4.59. The predicted molar refractivity (Wildman–Crippen MR) is 101 cm³/mol. The number of likely N-dealkylation sites (N-methyl/N-ethyl adjacent to an activating group) is 1. The van der Waals surface area contributed by atoms with E-state index in [0.717, 1.165) is 12.1 Å². The Morgan fingerprint density at radius 2 is 2.03 bits per heavy atom. The number of esters is 1. The van der Waals surface area contributed by atoms with Crippen LogP contribution >= 0.6 is 0 Å². The number of carbonyl (C=O) groups is 1. The molecule has 0 N–H and O–H groups in total. The summed E-state index contributed by atoms with van der Waals surface area (Å²) in [5.74, 6) is -0.857. The Morgan fingerprint density at radius 1 is 1.31 bits per heavy atom. The van der Waals surface area contributed by atoms with Crippen LogP contribution in [0.25, 0.3) is 17.6 Å². The molecule has 0 radical (unpaired) electrons. The highest BCUT2D eigenvalue weighted by Gasteiger charge is 2.36. The summed E-state index contributed by atoms with van der Waals surface area (Å²) in [6, 6.07) is 3.68. The molecule has 0 aliphatic heterocycles. The van der Waals surface area contributed by atoms with Gasteiger partial charge >= 0.3 is 12.1 Å². The number of aromatic nitrogens is 3. The van der Waals surface area contributed by atoms with E-state index >= 15 is 0 Å². The van der Waals surface area contributed by atoms with Gasteiger partial charge in [0.15, 0.2) is 5.82 Å². The number of rotatable bonds is 8. The number of hydrogen-bond donors (Lipinski definition) is 0. The summed E-state index contributed by atoms with van der Waals surface area (Å²) >= 11 is 0. The van der Waals surface area contributed by atoms with Crippen LogP contribution in [-0.4, -0.2) is 59.0 Å². The second-order valence-corrected chi connectivity index (χ2v) is 6.68. The molecule has 0 spiro atoms. The Kier molecular flexibility index (Phi) is 7.38. The molecule has 0 fully saturated rings. The third kappa shape index (κ3) is 6.60. The van der Waals surface area contributed by atoms with Gasteiger partial charge in [0.05, 0.1) is 17.2 Å². The van der Waals surface area contributed by atoms with Crippen LogP contribution in [0.5, 0.6) is 5.75 Å². The molecule has 0 bridgehead atoms. The Balaban J connectivity index is 2.33. The zero-order chi connectivity index (χ0) is 21.6. The maximum atomic E-state index is 13.4. The van der Waals surface area contributed by atoms with Crippen molar-refractivity contribution in [1.82, 2.24) is 19.7 Å². The lowest BCUT2D eigenvalue weighted by Crippen LogP contribution is -2.20. The molecule has 1 heterocycles. The zero-order valence-corrected chi connectivity index (χ0v) is 16.6. The fourth-order valence-electron chi connectivity index (χ4n) is 2.30. The molecule has 0 aliphatic carbocycles. The molecule has 2 aromatic rings. The minimum absolute atomic E-state index is 0.0397. The molecule has 0 amide bonds. The molecule has 0 saturated carbocycles. The number of alkyl halides is 3. The minimum Gasteiger partial charge on any atom is -0.491 e. The van der Waals surface area contributed by atoms with Gasteiger partial charge in [-0.2, -0.15) is 13.2 Å². The normalized spacial score (nSPS) is 12.2. The second-order valence-electron chi connectivity index (χ2n) is 6.68. The zero-order valence-electron chi connectivity index (χ0n) is 16.6. The topological polar surface area (TPSA) is 69.5 Å². The van der Waals surface area contributed by atoms with E-state index < -0.39 is 17.7 Å². The van der Waals surface area contributed by atoms with Crippen LogP contribution in [0, 0.1) is 0 Å². The van der Waals surface area contributed by atoms with Crippen molar-refractivity contribution in [2.75, 3.05) is 27.2 Å². The van der Waals surface area contributed by atoms with Gasteiger partial charge in [-0.1, -0.05) is 6.07 Å². The maximum absolute atomic E-state index is 13.4. The third-order valence-electron chi connectivity index (χ3n) is 3.57. The first-order valence-electron chi connectivity index (χ1n) is 8.86.